The second kappa shape index (κ2) is 3.24. The number of hydrogen-bond donors (Lipinski definition) is 0. The van der Waals surface area contributed by atoms with Gasteiger partial charge < -0.3 is 0 Å². The fourth-order valence-corrected chi connectivity index (χ4v) is 0.918. The summed E-state index contributed by atoms with van der Waals surface area (Å²) in [5.41, 5.74) is 0.254. The molecule has 0 fully saturated rings. The van der Waals surface area contributed by atoms with E-state index in [1.165, 1.54) is 12.1 Å². The molecule has 70 valence electrons. The van der Waals surface area contributed by atoms with Gasteiger partial charge in [0.25, 0.3) is 0 Å². The van der Waals surface area contributed by atoms with Crippen LogP contribution >= 0.6 is 0 Å². The first-order chi connectivity index (χ1) is 5.91. The fraction of sp³-hybridized carbons (Fsp3) is 0.200. The van der Waals surface area contributed by atoms with Gasteiger partial charge in [-0.05, 0) is 12.5 Å². The Morgan fingerprint density at radius 1 is 1.15 bits per heavy atom. The first-order valence-corrected chi connectivity index (χ1v) is 3.74. The van der Waals surface area contributed by atoms with Gasteiger partial charge in [0.2, 0.25) is 0 Å². The Labute approximate surface area is 74.7 Å². The predicted octanol–water partition coefficient (Wildman–Crippen LogP) is 3.57. The molecule has 0 saturated heterocycles. The standard InChI is InChI=1S/C10H9F3/c1-7-3-5-9(6-4-7)8(2)10(11,12)13/h3-6H,2H2,1H3. The molecule has 0 atom stereocenters. The zero-order valence-corrected chi connectivity index (χ0v) is 7.15. The SMILES string of the molecule is C=C(c1ccc(C)cc1)C(F)(F)F. The van der Waals surface area contributed by atoms with E-state index in [4.69, 9.17) is 0 Å². The minimum atomic E-state index is -4.34. The van der Waals surface area contributed by atoms with Crippen molar-refractivity contribution in [2.24, 2.45) is 0 Å². The van der Waals surface area contributed by atoms with Gasteiger partial charge in [0.1, 0.15) is 0 Å². The van der Waals surface area contributed by atoms with Crippen LogP contribution in [0, 0.1) is 6.92 Å². The third-order valence-corrected chi connectivity index (χ3v) is 1.74. The van der Waals surface area contributed by atoms with Gasteiger partial charge in [-0.3, -0.25) is 0 Å². The van der Waals surface area contributed by atoms with Crippen LogP contribution in [0.4, 0.5) is 13.2 Å². The summed E-state index contributed by atoms with van der Waals surface area (Å²) in [5.74, 6) is 0. The number of allylic oxidation sites excluding steroid dienone is 1. The van der Waals surface area contributed by atoms with E-state index in [1.807, 2.05) is 6.92 Å². The summed E-state index contributed by atoms with van der Waals surface area (Å²) >= 11 is 0. The van der Waals surface area contributed by atoms with E-state index in [9.17, 15) is 13.2 Å². The van der Waals surface area contributed by atoms with Crippen LogP contribution in [0.5, 0.6) is 0 Å². The Kier molecular flexibility index (Phi) is 2.45. The van der Waals surface area contributed by atoms with Crippen molar-refractivity contribution in [3.63, 3.8) is 0 Å². The van der Waals surface area contributed by atoms with Crippen LogP contribution < -0.4 is 0 Å². The Hall–Kier alpha value is -1.25. The Balaban J connectivity index is 2.97. The first-order valence-electron chi connectivity index (χ1n) is 3.74. The molecule has 0 aliphatic carbocycles. The van der Waals surface area contributed by atoms with Gasteiger partial charge in [-0.15, -0.1) is 0 Å². The molecular formula is C10H9F3. The van der Waals surface area contributed by atoms with Crippen LogP contribution in [0.15, 0.2) is 30.8 Å². The highest BCUT2D eigenvalue weighted by molar-refractivity contribution is 5.67. The highest BCUT2D eigenvalue weighted by Gasteiger charge is 2.32. The molecule has 0 aromatic heterocycles. The molecule has 0 saturated carbocycles. The fourth-order valence-electron chi connectivity index (χ4n) is 0.918. The van der Waals surface area contributed by atoms with E-state index in [1.54, 1.807) is 12.1 Å². The lowest BCUT2D eigenvalue weighted by Gasteiger charge is -2.09. The highest BCUT2D eigenvalue weighted by Crippen LogP contribution is 2.31. The van der Waals surface area contributed by atoms with Gasteiger partial charge in [-0.2, -0.15) is 13.2 Å². The van der Waals surface area contributed by atoms with Crippen LogP contribution in [0.1, 0.15) is 11.1 Å². The van der Waals surface area contributed by atoms with Gasteiger partial charge >= 0.3 is 6.18 Å². The molecule has 0 aliphatic heterocycles. The first kappa shape index (κ1) is 9.84. The summed E-state index contributed by atoms with van der Waals surface area (Å²) in [6.45, 7) is 4.82. The number of halogens is 3. The van der Waals surface area contributed by atoms with Gasteiger partial charge in [-0.25, -0.2) is 0 Å². The summed E-state index contributed by atoms with van der Waals surface area (Å²) in [5, 5.41) is 0. The molecule has 0 amide bonds. The minimum Gasteiger partial charge on any atom is -0.166 e. The lowest BCUT2D eigenvalue weighted by atomic mass is 10.1. The Morgan fingerprint density at radius 2 is 1.62 bits per heavy atom. The van der Waals surface area contributed by atoms with Crippen molar-refractivity contribution in [3.05, 3.63) is 42.0 Å². The van der Waals surface area contributed by atoms with Crippen molar-refractivity contribution >= 4 is 5.57 Å². The summed E-state index contributed by atoms with van der Waals surface area (Å²) in [4.78, 5) is 0. The molecule has 0 nitrogen and oxygen atoms in total. The smallest absolute Gasteiger partial charge is 0.166 e. The maximum atomic E-state index is 12.1. The lowest BCUT2D eigenvalue weighted by Crippen LogP contribution is -2.09. The van der Waals surface area contributed by atoms with Crippen LogP contribution in [-0.4, -0.2) is 6.18 Å². The summed E-state index contributed by atoms with van der Waals surface area (Å²) in [7, 11) is 0. The van der Waals surface area contributed by atoms with Crippen LogP contribution in [-0.2, 0) is 0 Å². The molecular weight excluding hydrogens is 177 g/mol. The van der Waals surface area contributed by atoms with Crippen LogP contribution in [0.3, 0.4) is 0 Å². The van der Waals surface area contributed by atoms with E-state index in [2.05, 4.69) is 6.58 Å². The summed E-state index contributed by atoms with van der Waals surface area (Å²) < 4.78 is 36.4. The number of hydrogen-bond acceptors (Lipinski definition) is 0. The number of alkyl halides is 3. The van der Waals surface area contributed by atoms with Crippen molar-refractivity contribution in [2.75, 3.05) is 0 Å². The average Bonchev–Trinajstić information content (AvgIpc) is 2.03. The number of rotatable bonds is 1. The van der Waals surface area contributed by atoms with E-state index >= 15 is 0 Å². The normalized spacial score (nSPS) is 11.4. The molecule has 0 radical (unpaired) electrons. The van der Waals surface area contributed by atoms with Crippen molar-refractivity contribution in [2.45, 2.75) is 13.1 Å². The predicted molar refractivity (Wildman–Crippen MR) is 46.3 cm³/mol. The van der Waals surface area contributed by atoms with Crippen molar-refractivity contribution in [1.82, 2.24) is 0 Å². The van der Waals surface area contributed by atoms with E-state index in [0.29, 0.717) is 0 Å². The average molecular weight is 186 g/mol. The van der Waals surface area contributed by atoms with Gasteiger partial charge in [0.15, 0.2) is 0 Å². The van der Waals surface area contributed by atoms with Gasteiger partial charge in [0, 0.05) is 0 Å². The van der Waals surface area contributed by atoms with E-state index < -0.39 is 11.7 Å². The molecule has 1 aromatic carbocycles. The molecule has 0 aliphatic rings. The second-order valence-corrected chi connectivity index (χ2v) is 2.84. The summed E-state index contributed by atoms with van der Waals surface area (Å²) in [6.07, 6.45) is -4.34. The molecule has 1 rings (SSSR count). The lowest BCUT2D eigenvalue weighted by molar-refractivity contribution is -0.0686. The molecule has 1 aromatic rings. The number of aryl methyl sites for hydroxylation is 1. The zero-order valence-electron chi connectivity index (χ0n) is 7.15. The molecule has 0 bridgehead atoms. The van der Waals surface area contributed by atoms with Gasteiger partial charge in [0.05, 0.1) is 5.57 Å². The maximum absolute atomic E-state index is 12.1. The van der Waals surface area contributed by atoms with E-state index in [0.717, 1.165) is 5.56 Å². The maximum Gasteiger partial charge on any atom is 0.416 e. The topological polar surface area (TPSA) is 0 Å². The second-order valence-electron chi connectivity index (χ2n) is 2.84. The Bertz CT molecular complexity index is 306. The molecule has 0 spiro atoms. The molecule has 13 heavy (non-hydrogen) atoms. The molecule has 0 unspecified atom stereocenters. The van der Waals surface area contributed by atoms with Crippen LogP contribution in [0.2, 0.25) is 0 Å². The Morgan fingerprint density at radius 3 is 2.00 bits per heavy atom. The molecule has 0 heterocycles. The zero-order chi connectivity index (χ0) is 10.1. The van der Waals surface area contributed by atoms with Crippen LogP contribution in [0.25, 0.3) is 5.57 Å². The third kappa shape index (κ3) is 2.34. The highest BCUT2D eigenvalue weighted by atomic mass is 19.4. The third-order valence-electron chi connectivity index (χ3n) is 1.74. The molecule has 3 heteroatoms. The van der Waals surface area contributed by atoms with Crippen molar-refractivity contribution in [1.29, 1.82) is 0 Å². The number of benzene rings is 1. The monoisotopic (exact) mass is 186 g/mol. The summed E-state index contributed by atoms with van der Waals surface area (Å²) in [6, 6.07) is 6.11. The quantitative estimate of drug-likeness (QED) is 0.628. The van der Waals surface area contributed by atoms with Crippen molar-refractivity contribution in [3.8, 4) is 0 Å². The minimum absolute atomic E-state index is 0.123. The van der Waals surface area contributed by atoms with E-state index in [-0.39, 0.29) is 5.56 Å². The van der Waals surface area contributed by atoms with Gasteiger partial charge in [-0.1, -0.05) is 36.4 Å². The van der Waals surface area contributed by atoms with Crippen molar-refractivity contribution < 1.29 is 13.2 Å². The molecule has 0 N–H and O–H groups in total. The largest absolute Gasteiger partial charge is 0.416 e.